The molecular weight excluding hydrogens is 314 g/mol. The maximum Gasteiger partial charge on any atom is 0.337 e. The van der Waals surface area contributed by atoms with E-state index in [1.807, 2.05) is 6.07 Å². The number of urea groups is 1. The highest BCUT2D eigenvalue weighted by molar-refractivity contribution is 5.95. The van der Waals surface area contributed by atoms with Gasteiger partial charge in [0, 0.05) is 11.3 Å². The van der Waals surface area contributed by atoms with Gasteiger partial charge in [-0.15, -0.1) is 0 Å². The van der Waals surface area contributed by atoms with Crippen molar-refractivity contribution in [3.05, 3.63) is 35.0 Å². The molecule has 0 radical (unpaired) electrons. The average molecular weight is 331 g/mol. The molecule has 8 nitrogen and oxygen atoms in total. The smallest absolute Gasteiger partial charge is 0.337 e. The summed E-state index contributed by atoms with van der Waals surface area (Å²) < 4.78 is 15.5. The minimum absolute atomic E-state index is 0.206. The van der Waals surface area contributed by atoms with Crippen LogP contribution in [0.25, 0.3) is 0 Å². The van der Waals surface area contributed by atoms with Gasteiger partial charge in [-0.1, -0.05) is 12.1 Å². The van der Waals surface area contributed by atoms with E-state index in [9.17, 15) is 9.59 Å². The van der Waals surface area contributed by atoms with E-state index in [-0.39, 0.29) is 17.9 Å². The largest absolute Gasteiger partial charge is 0.493 e. The number of hydrogen-bond acceptors (Lipinski definition) is 6. The molecule has 2 amide bonds. The second-order valence-electron chi connectivity index (χ2n) is 4.89. The molecule has 1 unspecified atom stereocenters. The first kappa shape index (κ1) is 17.1. The number of methoxy groups -OCH3 is 2. The number of hydrogen-bond donors (Lipinski definition) is 2. The van der Waals surface area contributed by atoms with Crippen molar-refractivity contribution in [2.24, 2.45) is 0 Å². The molecule has 0 spiro atoms. The maximum absolute atomic E-state index is 12.2. The van der Waals surface area contributed by atoms with Gasteiger partial charge >= 0.3 is 12.0 Å². The molecular formula is C16H17N3O5. The summed E-state index contributed by atoms with van der Waals surface area (Å²) in [4.78, 5) is 24.0. The third-order valence-electron chi connectivity index (χ3n) is 3.50. The molecule has 24 heavy (non-hydrogen) atoms. The topological polar surface area (TPSA) is 110 Å². The lowest BCUT2D eigenvalue weighted by molar-refractivity contribution is -0.136. The normalized spacial score (nSPS) is 16.6. The number of rotatable bonds is 5. The van der Waals surface area contributed by atoms with E-state index in [2.05, 4.69) is 10.6 Å². The van der Waals surface area contributed by atoms with Crippen molar-refractivity contribution < 1.29 is 23.8 Å². The number of nitriles is 1. The Labute approximate surface area is 139 Å². The Morgan fingerprint density at radius 3 is 2.75 bits per heavy atom. The van der Waals surface area contributed by atoms with Gasteiger partial charge in [-0.05, 0) is 13.0 Å². The van der Waals surface area contributed by atoms with E-state index < -0.39 is 18.0 Å². The van der Waals surface area contributed by atoms with Crippen LogP contribution in [-0.2, 0) is 9.53 Å². The number of allylic oxidation sites excluding steroid dienone is 1. The number of nitrogens with one attached hydrogen (secondary N) is 2. The fraction of sp³-hybridized carbons (Fsp3) is 0.312. The van der Waals surface area contributed by atoms with E-state index >= 15 is 0 Å². The fourth-order valence-electron chi connectivity index (χ4n) is 2.49. The lowest BCUT2D eigenvalue weighted by Crippen LogP contribution is -2.45. The van der Waals surface area contributed by atoms with Gasteiger partial charge in [0.2, 0.25) is 0 Å². The number of ether oxygens (including phenoxy) is 3. The van der Waals surface area contributed by atoms with Crippen molar-refractivity contribution in [1.82, 2.24) is 10.6 Å². The van der Waals surface area contributed by atoms with Crippen LogP contribution in [0.15, 0.2) is 29.5 Å². The number of carbonyl (C=O) groups is 2. The maximum atomic E-state index is 12.2. The summed E-state index contributed by atoms with van der Waals surface area (Å²) in [5.41, 5.74) is 1.11. The van der Waals surface area contributed by atoms with Crippen LogP contribution >= 0.6 is 0 Å². The molecule has 1 aliphatic heterocycles. The summed E-state index contributed by atoms with van der Waals surface area (Å²) in [6.07, 6.45) is 0. The number of nitrogens with zero attached hydrogens (tertiary/aromatic N) is 1. The summed E-state index contributed by atoms with van der Waals surface area (Å²) in [6.45, 7) is 1.40. The van der Waals surface area contributed by atoms with Gasteiger partial charge in [-0.2, -0.15) is 5.26 Å². The van der Waals surface area contributed by atoms with Gasteiger partial charge in [-0.25, -0.2) is 9.59 Å². The van der Waals surface area contributed by atoms with E-state index in [1.54, 1.807) is 25.1 Å². The SMILES string of the molecule is COC(=O)C1=C(C)NC(=O)NC1c1cccc(OC)c1OCC#N. The summed E-state index contributed by atoms with van der Waals surface area (Å²) >= 11 is 0. The van der Waals surface area contributed by atoms with Gasteiger partial charge in [0.25, 0.3) is 0 Å². The van der Waals surface area contributed by atoms with Crippen LogP contribution in [0.1, 0.15) is 18.5 Å². The summed E-state index contributed by atoms with van der Waals surface area (Å²) in [5.74, 6) is 0.0828. The molecule has 8 heteroatoms. The molecule has 0 fully saturated rings. The third kappa shape index (κ3) is 3.25. The average Bonchev–Trinajstić information content (AvgIpc) is 2.58. The minimum Gasteiger partial charge on any atom is -0.493 e. The van der Waals surface area contributed by atoms with Gasteiger partial charge < -0.3 is 24.8 Å². The predicted molar refractivity (Wildman–Crippen MR) is 83.2 cm³/mol. The molecule has 1 aliphatic rings. The second-order valence-corrected chi connectivity index (χ2v) is 4.89. The first-order chi connectivity index (χ1) is 11.5. The molecule has 2 rings (SSSR count). The highest BCUT2D eigenvalue weighted by atomic mass is 16.5. The Kier molecular flexibility index (Phi) is 5.27. The van der Waals surface area contributed by atoms with Crippen molar-refractivity contribution in [3.63, 3.8) is 0 Å². The van der Waals surface area contributed by atoms with Gasteiger partial charge in [0.1, 0.15) is 6.07 Å². The molecule has 0 saturated carbocycles. The van der Waals surface area contributed by atoms with Gasteiger partial charge in [0.15, 0.2) is 18.1 Å². The Morgan fingerprint density at radius 1 is 1.38 bits per heavy atom. The van der Waals surface area contributed by atoms with Crippen LogP contribution in [-0.4, -0.2) is 32.8 Å². The molecule has 126 valence electrons. The van der Waals surface area contributed by atoms with E-state index in [1.165, 1.54) is 14.2 Å². The Morgan fingerprint density at radius 2 is 2.12 bits per heavy atom. The second kappa shape index (κ2) is 7.37. The zero-order valence-electron chi connectivity index (χ0n) is 13.5. The fourth-order valence-corrected chi connectivity index (χ4v) is 2.49. The highest BCUT2D eigenvalue weighted by Crippen LogP contribution is 2.39. The minimum atomic E-state index is -0.796. The van der Waals surface area contributed by atoms with Crippen LogP contribution < -0.4 is 20.1 Å². The lowest BCUT2D eigenvalue weighted by Gasteiger charge is -2.29. The Bertz CT molecular complexity index is 736. The third-order valence-corrected chi connectivity index (χ3v) is 3.50. The standard InChI is InChI=1S/C16H17N3O5/c1-9-12(15(20)23-3)13(19-16(21)18-9)10-5-4-6-11(22-2)14(10)24-8-7-17/h4-6,13H,8H2,1-3H3,(H2,18,19,21). The quantitative estimate of drug-likeness (QED) is 0.789. The number of esters is 1. The molecule has 2 N–H and O–H groups in total. The molecule has 0 bridgehead atoms. The van der Waals surface area contributed by atoms with E-state index in [4.69, 9.17) is 19.5 Å². The molecule has 1 heterocycles. The monoisotopic (exact) mass is 331 g/mol. The Balaban J connectivity index is 2.59. The molecule has 0 aromatic heterocycles. The van der Waals surface area contributed by atoms with Crippen LogP contribution in [0.2, 0.25) is 0 Å². The van der Waals surface area contributed by atoms with Crippen LogP contribution in [0.4, 0.5) is 4.79 Å². The zero-order chi connectivity index (χ0) is 17.7. The van der Waals surface area contributed by atoms with Crippen molar-refractivity contribution in [3.8, 4) is 17.6 Å². The lowest BCUT2D eigenvalue weighted by atomic mass is 9.94. The number of para-hydroxylation sites is 1. The van der Waals surface area contributed by atoms with Crippen molar-refractivity contribution >= 4 is 12.0 Å². The highest BCUT2D eigenvalue weighted by Gasteiger charge is 2.34. The van der Waals surface area contributed by atoms with Gasteiger partial charge in [-0.3, -0.25) is 0 Å². The molecule has 1 aromatic carbocycles. The molecule has 0 aliphatic carbocycles. The first-order valence-electron chi connectivity index (χ1n) is 7.06. The Hall–Kier alpha value is -3.21. The molecule has 0 saturated heterocycles. The van der Waals surface area contributed by atoms with Crippen molar-refractivity contribution in [2.45, 2.75) is 13.0 Å². The summed E-state index contributed by atoms with van der Waals surface area (Å²) in [5, 5.41) is 14.0. The van der Waals surface area contributed by atoms with E-state index in [0.29, 0.717) is 17.0 Å². The van der Waals surface area contributed by atoms with Crippen LogP contribution in [0, 0.1) is 11.3 Å². The number of benzene rings is 1. The van der Waals surface area contributed by atoms with Gasteiger partial charge in [0.05, 0.1) is 25.8 Å². The van der Waals surface area contributed by atoms with Crippen LogP contribution in [0.5, 0.6) is 11.5 Å². The van der Waals surface area contributed by atoms with Crippen molar-refractivity contribution in [2.75, 3.05) is 20.8 Å². The summed E-state index contributed by atoms with van der Waals surface area (Å²) in [7, 11) is 2.72. The first-order valence-corrected chi connectivity index (χ1v) is 7.06. The van der Waals surface area contributed by atoms with E-state index in [0.717, 1.165) is 0 Å². The predicted octanol–water partition coefficient (Wildman–Crippen LogP) is 1.40. The number of carbonyl (C=O) groups excluding carboxylic acids is 2. The van der Waals surface area contributed by atoms with Crippen molar-refractivity contribution in [1.29, 1.82) is 5.26 Å². The summed E-state index contributed by atoms with van der Waals surface area (Å²) in [6, 6.07) is 5.67. The zero-order valence-corrected chi connectivity index (χ0v) is 13.5. The van der Waals surface area contributed by atoms with Crippen LogP contribution in [0.3, 0.4) is 0 Å². The molecule has 1 atom stereocenters. The molecule has 1 aromatic rings. The number of amides is 2.